The highest BCUT2D eigenvalue weighted by molar-refractivity contribution is 5.89. The molecule has 2 N–H and O–H groups in total. The molecule has 0 aliphatic rings. The van der Waals surface area contributed by atoms with Gasteiger partial charge in [0, 0.05) is 11.3 Å². The Bertz CT molecular complexity index is 832. The highest BCUT2D eigenvalue weighted by atomic mass is 19.1. The summed E-state index contributed by atoms with van der Waals surface area (Å²) in [5.74, 6) is 0.353. The molecule has 0 aliphatic heterocycles. The molecule has 2 aromatic carbocycles. The molecule has 1 aromatic heterocycles. The van der Waals surface area contributed by atoms with E-state index in [2.05, 4.69) is 5.32 Å². The fourth-order valence-electron chi connectivity index (χ4n) is 2.38. The maximum Gasteiger partial charge on any atom is 0.322 e. The Kier molecular flexibility index (Phi) is 4.99. The van der Waals surface area contributed by atoms with Gasteiger partial charge in [-0.05, 0) is 42.5 Å². The van der Waals surface area contributed by atoms with Gasteiger partial charge in [0.05, 0.1) is 19.4 Å². The summed E-state index contributed by atoms with van der Waals surface area (Å²) in [6.07, 6.45) is 1.53. The van der Waals surface area contributed by atoms with Crippen LogP contribution >= 0.6 is 0 Å². The van der Waals surface area contributed by atoms with Crippen molar-refractivity contribution in [3.05, 3.63) is 84.1 Å². The Labute approximate surface area is 144 Å². The first kappa shape index (κ1) is 16.6. The highest BCUT2D eigenvalue weighted by Crippen LogP contribution is 2.20. The molecule has 128 valence electrons. The van der Waals surface area contributed by atoms with Gasteiger partial charge in [-0.25, -0.2) is 9.18 Å². The number of carbonyl (C=O) groups is 1. The number of hydrogen-bond donors (Lipinski definition) is 2. The van der Waals surface area contributed by atoms with Gasteiger partial charge in [-0.3, -0.25) is 0 Å². The van der Waals surface area contributed by atoms with Gasteiger partial charge in [0.15, 0.2) is 0 Å². The predicted octanol–water partition coefficient (Wildman–Crippen LogP) is 4.36. The quantitative estimate of drug-likeness (QED) is 0.725. The molecule has 0 saturated heterocycles. The van der Waals surface area contributed by atoms with Crippen LogP contribution in [0, 0.1) is 5.82 Å². The van der Waals surface area contributed by atoms with Crippen molar-refractivity contribution in [2.45, 2.75) is 13.1 Å². The SMILES string of the molecule is O=C(Nc1ccc(F)cc1)N(Cc1ccco1)Cc1ccccc1O. The smallest absolute Gasteiger partial charge is 0.322 e. The number of benzene rings is 2. The van der Waals surface area contributed by atoms with Crippen LogP contribution in [0.2, 0.25) is 0 Å². The van der Waals surface area contributed by atoms with Crippen molar-refractivity contribution in [2.24, 2.45) is 0 Å². The minimum atomic E-state index is -0.383. The van der Waals surface area contributed by atoms with E-state index in [1.54, 1.807) is 36.4 Å². The number of furan rings is 1. The number of para-hydroxylation sites is 1. The first-order valence-corrected chi connectivity index (χ1v) is 7.72. The van der Waals surface area contributed by atoms with Gasteiger partial charge < -0.3 is 19.7 Å². The van der Waals surface area contributed by atoms with Crippen LogP contribution in [0.15, 0.2) is 71.3 Å². The number of carbonyl (C=O) groups excluding carboxylic acids is 1. The number of rotatable bonds is 5. The van der Waals surface area contributed by atoms with Crippen molar-refractivity contribution >= 4 is 11.7 Å². The average molecular weight is 340 g/mol. The van der Waals surface area contributed by atoms with Crippen molar-refractivity contribution in [3.8, 4) is 5.75 Å². The Balaban J connectivity index is 1.78. The maximum absolute atomic E-state index is 13.0. The van der Waals surface area contributed by atoms with Crippen LogP contribution in [0.3, 0.4) is 0 Å². The number of aromatic hydroxyl groups is 1. The number of hydrogen-bond acceptors (Lipinski definition) is 3. The van der Waals surface area contributed by atoms with E-state index in [-0.39, 0.29) is 30.7 Å². The fraction of sp³-hybridized carbons (Fsp3) is 0.105. The Morgan fingerprint density at radius 1 is 1.04 bits per heavy atom. The van der Waals surface area contributed by atoms with Crippen molar-refractivity contribution < 1.29 is 18.7 Å². The molecule has 3 rings (SSSR count). The van der Waals surface area contributed by atoms with Gasteiger partial charge in [-0.1, -0.05) is 18.2 Å². The van der Waals surface area contributed by atoms with E-state index >= 15 is 0 Å². The third-order valence-electron chi connectivity index (χ3n) is 3.66. The second kappa shape index (κ2) is 7.53. The van der Waals surface area contributed by atoms with Crippen molar-refractivity contribution in [3.63, 3.8) is 0 Å². The average Bonchev–Trinajstić information content (AvgIpc) is 3.11. The number of nitrogens with one attached hydrogen (secondary N) is 1. The van der Waals surface area contributed by atoms with E-state index in [0.717, 1.165) is 0 Å². The molecule has 2 amide bonds. The summed E-state index contributed by atoms with van der Waals surface area (Å²) in [6.45, 7) is 0.425. The lowest BCUT2D eigenvalue weighted by molar-refractivity contribution is 0.200. The lowest BCUT2D eigenvalue weighted by Crippen LogP contribution is -2.34. The van der Waals surface area contributed by atoms with E-state index in [0.29, 0.717) is 17.0 Å². The van der Waals surface area contributed by atoms with Crippen molar-refractivity contribution in [1.29, 1.82) is 0 Å². The number of halogens is 1. The minimum absolute atomic E-state index is 0.113. The third-order valence-corrected chi connectivity index (χ3v) is 3.66. The molecule has 0 atom stereocenters. The van der Waals surface area contributed by atoms with Gasteiger partial charge in [-0.2, -0.15) is 0 Å². The van der Waals surface area contributed by atoms with Gasteiger partial charge in [-0.15, -0.1) is 0 Å². The first-order chi connectivity index (χ1) is 12.1. The summed E-state index contributed by atoms with van der Waals surface area (Å²) >= 11 is 0. The van der Waals surface area contributed by atoms with Crippen LogP contribution in [0.25, 0.3) is 0 Å². The number of amides is 2. The highest BCUT2D eigenvalue weighted by Gasteiger charge is 2.17. The van der Waals surface area contributed by atoms with E-state index in [1.165, 1.54) is 35.4 Å². The third kappa shape index (κ3) is 4.38. The zero-order valence-electron chi connectivity index (χ0n) is 13.4. The Morgan fingerprint density at radius 3 is 2.48 bits per heavy atom. The van der Waals surface area contributed by atoms with Gasteiger partial charge in [0.25, 0.3) is 0 Å². The molecule has 3 aromatic rings. The van der Waals surface area contributed by atoms with E-state index < -0.39 is 0 Å². The lowest BCUT2D eigenvalue weighted by Gasteiger charge is -2.22. The summed E-state index contributed by atoms with van der Waals surface area (Å²) in [5.41, 5.74) is 1.09. The first-order valence-electron chi connectivity index (χ1n) is 7.72. The second-order valence-corrected chi connectivity index (χ2v) is 5.50. The van der Waals surface area contributed by atoms with Crippen LogP contribution in [0.4, 0.5) is 14.9 Å². The summed E-state index contributed by atoms with van der Waals surface area (Å²) in [4.78, 5) is 14.1. The monoisotopic (exact) mass is 340 g/mol. The van der Waals surface area contributed by atoms with Crippen LogP contribution in [0.1, 0.15) is 11.3 Å². The predicted molar refractivity (Wildman–Crippen MR) is 91.5 cm³/mol. The zero-order valence-corrected chi connectivity index (χ0v) is 13.4. The normalized spacial score (nSPS) is 10.4. The van der Waals surface area contributed by atoms with E-state index in [4.69, 9.17) is 4.42 Å². The topological polar surface area (TPSA) is 65.7 Å². The largest absolute Gasteiger partial charge is 0.508 e. The molecule has 25 heavy (non-hydrogen) atoms. The number of nitrogens with zero attached hydrogens (tertiary/aromatic N) is 1. The molecule has 0 aliphatic carbocycles. The zero-order chi connectivity index (χ0) is 17.6. The van der Waals surface area contributed by atoms with Gasteiger partial charge >= 0.3 is 6.03 Å². The van der Waals surface area contributed by atoms with E-state index in [1.807, 2.05) is 0 Å². The number of phenols is 1. The maximum atomic E-state index is 13.0. The van der Waals surface area contributed by atoms with Crippen molar-refractivity contribution in [1.82, 2.24) is 4.90 Å². The molecular formula is C19H17FN2O3. The molecule has 0 fully saturated rings. The van der Waals surface area contributed by atoms with E-state index in [9.17, 15) is 14.3 Å². The minimum Gasteiger partial charge on any atom is -0.508 e. The van der Waals surface area contributed by atoms with Gasteiger partial charge in [0.2, 0.25) is 0 Å². The Morgan fingerprint density at radius 2 is 1.80 bits per heavy atom. The molecule has 0 spiro atoms. The molecule has 0 saturated carbocycles. The molecule has 0 radical (unpaired) electrons. The summed E-state index contributed by atoms with van der Waals surface area (Å²) in [7, 11) is 0. The second-order valence-electron chi connectivity index (χ2n) is 5.50. The molecule has 0 unspecified atom stereocenters. The summed E-state index contributed by atoms with van der Waals surface area (Å²) in [6, 6.07) is 15.5. The summed E-state index contributed by atoms with van der Waals surface area (Å²) in [5, 5.41) is 12.7. The number of urea groups is 1. The summed E-state index contributed by atoms with van der Waals surface area (Å²) < 4.78 is 18.3. The Hall–Kier alpha value is -3.28. The van der Waals surface area contributed by atoms with Crippen LogP contribution in [0.5, 0.6) is 5.75 Å². The molecular weight excluding hydrogens is 323 g/mol. The van der Waals surface area contributed by atoms with Crippen LogP contribution in [-0.4, -0.2) is 16.0 Å². The molecule has 1 heterocycles. The van der Waals surface area contributed by atoms with Crippen LogP contribution < -0.4 is 5.32 Å². The molecule has 5 nitrogen and oxygen atoms in total. The molecule has 0 bridgehead atoms. The van der Waals surface area contributed by atoms with Crippen molar-refractivity contribution in [2.75, 3.05) is 5.32 Å². The van der Waals surface area contributed by atoms with Crippen LogP contribution in [-0.2, 0) is 13.1 Å². The fourth-order valence-corrected chi connectivity index (χ4v) is 2.38. The number of anilines is 1. The lowest BCUT2D eigenvalue weighted by atomic mass is 10.2. The van der Waals surface area contributed by atoms with Gasteiger partial charge in [0.1, 0.15) is 17.3 Å². The standard InChI is InChI=1S/C19H17FN2O3/c20-15-7-9-16(10-8-15)21-19(24)22(13-17-5-3-11-25-17)12-14-4-1-2-6-18(14)23/h1-11,23H,12-13H2,(H,21,24). The number of phenolic OH excluding ortho intramolecular Hbond substituents is 1. The molecule has 6 heteroatoms.